The fraction of sp³-hybridized carbons (Fsp3) is 0.500. The molecule has 0 aliphatic heterocycles. The lowest BCUT2D eigenvalue weighted by Crippen LogP contribution is -1.81. The average Bonchev–Trinajstić information content (AvgIpc) is 2.07. The Hall–Kier alpha value is -0.770. The predicted octanol–water partition coefficient (Wildman–Crippen LogP) is 0.515. The molecule has 0 bridgehead atoms. The Kier molecular flexibility index (Phi) is 0.346. The van der Waals surface area contributed by atoms with Crippen LogP contribution in [-0.2, 0) is 0 Å². The zero-order valence-electron chi connectivity index (χ0n) is 3.81. The minimum absolute atomic E-state index is 0.500. The van der Waals surface area contributed by atoms with Gasteiger partial charge in [-0.25, -0.2) is 0 Å². The van der Waals surface area contributed by atoms with Crippen molar-refractivity contribution in [2.24, 2.45) is 17.8 Å². The quantitative estimate of drug-likeness (QED) is 0.359. The van der Waals surface area contributed by atoms with Crippen LogP contribution in [0.15, 0.2) is 0 Å². The van der Waals surface area contributed by atoms with Crippen molar-refractivity contribution < 1.29 is 0 Å². The van der Waals surface area contributed by atoms with Gasteiger partial charge in [0.1, 0.15) is 0 Å². The van der Waals surface area contributed by atoms with Crippen molar-refractivity contribution >= 4 is 6.21 Å². The van der Waals surface area contributed by atoms with Gasteiger partial charge in [0.05, 0.1) is 0 Å². The van der Waals surface area contributed by atoms with Crippen molar-refractivity contribution in [1.29, 1.82) is 5.41 Å². The Bertz CT molecular complexity index is 158. The molecule has 0 aromatic carbocycles. The van der Waals surface area contributed by atoms with Crippen molar-refractivity contribution in [3.8, 4) is 11.8 Å². The van der Waals surface area contributed by atoms with Gasteiger partial charge in [0.25, 0.3) is 0 Å². The van der Waals surface area contributed by atoms with Gasteiger partial charge in [-0.15, -0.1) is 0 Å². The van der Waals surface area contributed by atoms with Crippen LogP contribution in [0.3, 0.4) is 0 Å². The molecule has 2 rings (SSSR count). The second-order valence-corrected chi connectivity index (χ2v) is 2.08. The maximum atomic E-state index is 6.82. The van der Waals surface area contributed by atoms with E-state index in [2.05, 4.69) is 11.8 Å². The van der Waals surface area contributed by atoms with Gasteiger partial charge in [-0.2, -0.15) is 0 Å². The smallest absolute Gasteiger partial charge is 0.0437 e. The summed E-state index contributed by atoms with van der Waals surface area (Å²) in [6, 6.07) is 0. The number of hydrogen-bond acceptors (Lipinski definition) is 1. The molecule has 1 fully saturated rings. The predicted molar refractivity (Wildman–Crippen MR) is 27.0 cm³/mol. The van der Waals surface area contributed by atoms with Crippen molar-refractivity contribution in [3.05, 3.63) is 0 Å². The summed E-state index contributed by atoms with van der Waals surface area (Å²) < 4.78 is 0. The van der Waals surface area contributed by atoms with Crippen LogP contribution >= 0.6 is 0 Å². The van der Waals surface area contributed by atoms with Crippen LogP contribution in [-0.4, -0.2) is 6.21 Å². The minimum atomic E-state index is 0.500. The largest absolute Gasteiger partial charge is 0.313 e. The Morgan fingerprint density at radius 3 is 2.00 bits per heavy atom. The number of nitrogens with one attached hydrogen (secondary N) is 1. The number of hydrogen-bond donors (Lipinski definition) is 1. The van der Waals surface area contributed by atoms with E-state index in [1.165, 1.54) is 6.21 Å². The molecule has 34 valence electrons. The second-order valence-electron chi connectivity index (χ2n) is 2.08. The Morgan fingerprint density at radius 1 is 1.29 bits per heavy atom. The maximum absolute atomic E-state index is 6.82. The van der Waals surface area contributed by atoms with Crippen LogP contribution < -0.4 is 0 Å². The molecule has 0 aromatic heterocycles. The normalized spacial score (nSPS) is 50.0. The van der Waals surface area contributed by atoms with Crippen LogP contribution in [0.5, 0.6) is 0 Å². The monoisotopic (exact) mass is 91.0 g/mol. The summed E-state index contributed by atoms with van der Waals surface area (Å²) in [6.07, 6.45) is 1.50. The van der Waals surface area contributed by atoms with Gasteiger partial charge < -0.3 is 5.41 Å². The topological polar surface area (TPSA) is 23.9 Å². The Balaban J connectivity index is 2.17. The summed E-state index contributed by atoms with van der Waals surface area (Å²) in [7, 11) is 0. The molecule has 0 heterocycles. The van der Waals surface area contributed by atoms with Gasteiger partial charge in [0.2, 0.25) is 0 Å². The molecule has 2 unspecified atom stereocenters. The van der Waals surface area contributed by atoms with E-state index < -0.39 is 0 Å². The van der Waals surface area contributed by atoms with E-state index in [4.69, 9.17) is 5.41 Å². The van der Waals surface area contributed by atoms with Crippen LogP contribution in [0.1, 0.15) is 0 Å². The van der Waals surface area contributed by atoms with E-state index in [9.17, 15) is 0 Å². The SMILES string of the molecule is N=CC1C2C#CC21. The van der Waals surface area contributed by atoms with Gasteiger partial charge in [-0.1, -0.05) is 11.8 Å². The van der Waals surface area contributed by atoms with E-state index >= 15 is 0 Å². The zero-order chi connectivity index (χ0) is 4.85. The fourth-order valence-electron chi connectivity index (χ4n) is 1.01. The molecule has 0 radical (unpaired) electrons. The number of fused-ring (bicyclic) bond motifs is 1. The molecule has 1 N–H and O–H groups in total. The molecule has 0 saturated heterocycles. The minimum Gasteiger partial charge on any atom is -0.313 e. The highest BCUT2D eigenvalue weighted by Gasteiger charge is 2.51. The van der Waals surface area contributed by atoms with E-state index in [1.54, 1.807) is 0 Å². The molecule has 1 heteroatoms. The highest BCUT2D eigenvalue weighted by atomic mass is 14.6. The van der Waals surface area contributed by atoms with Crippen LogP contribution in [0.25, 0.3) is 0 Å². The first-order valence-electron chi connectivity index (χ1n) is 2.45. The standard InChI is InChI=1S/C6H5N/c7-3-6-4-1-2-5(4)6/h3-7H. The molecule has 0 amide bonds. The molecule has 7 heavy (non-hydrogen) atoms. The molecule has 2 aliphatic rings. The Morgan fingerprint density at radius 2 is 1.86 bits per heavy atom. The zero-order valence-corrected chi connectivity index (χ0v) is 3.81. The first kappa shape index (κ1) is 3.26. The summed E-state index contributed by atoms with van der Waals surface area (Å²) >= 11 is 0. The van der Waals surface area contributed by atoms with E-state index in [0.717, 1.165) is 0 Å². The van der Waals surface area contributed by atoms with Crippen molar-refractivity contribution in [3.63, 3.8) is 0 Å². The lowest BCUT2D eigenvalue weighted by molar-refractivity contribution is 1.00. The molecule has 0 spiro atoms. The summed E-state index contributed by atoms with van der Waals surface area (Å²) in [5.41, 5.74) is 0. The maximum Gasteiger partial charge on any atom is 0.0437 e. The van der Waals surface area contributed by atoms with Crippen LogP contribution in [0.4, 0.5) is 0 Å². The number of rotatable bonds is 1. The van der Waals surface area contributed by atoms with Crippen LogP contribution in [0, 0.1) is 35.0 Å². The third-order valence-corrected chi connectivity index (χ3v) is 1.68. The van der Waals surface area contributed by atoms with Crippen molar-refractivity contribution in [2.75, 3.05) is 0 Å². The molecule has 1 nitrogen and oxygen atoms in total. The van der Waals surface area contributed by atoms with Crippen molar-refractivity contribution in [1.82, 2.24) is 0 Å². The summed E-state index contributed by atoms with van der Waals surface area (Å²) in [6.45, 7) is 0. The third-order valence-electron chi connectivity index (χ3n) is 1.68. The summed E-state index contributed by atoms with van der Waals surface area (Å²) in [5, 5.41) is 6.82. The highest BCUT2D eigenvalue weighted by molar-refractivity contribution is 5.68. The molecular formula is C6H5N. The van der Waals surface area contributed by atoms with Gasteiger partial charge in [-0.3, -0.25) is 0 Å². The van der Waals surface area contributed by atoms with Gasteiger partial charge >= 0.3 is 0 Å². The molecular weight excluding hydrogens is 86.1 g/mol. The third kappa shape index (κ3) is 0.207. The van der Waals surface area contributed by atoms with Crippen molar-refractivity contribution in [2.45, 2.75) is 0 Å². The molecule has 1 saturated carbocycles. The first-order valence-corrected chi connectivity index (χ1v) is 2.45. The highest BCUT2D eigenvalue weighted by Crippen LogP contribution is 2.48. The van der Waals surface area contributed by atoms with E-state index in [0.29, 0.717) is 17.8 Å². The molecule has 2 atom stereocenters. The Labute approximate surface area is 42.2 Å². The molecule has 0 aromatic rings. The summed E-state index contributed by atoms with van der Waals surface area (Å²) in [4.78, 5) is 0. The van der Waals surface area contributed by atoms with E-state index in [-0.39, 0.29) is 0 Å². The first-order chi connectivity index (χ1) is 3.43. The average molecular weight is 91.1 g/mol. The fourth-order valence-corrected chi connectivity index (χ4v) is 1.01. The van der Waals surface area contributed by atoms with Gasteiger partial charge in [0, 0.05) is 24.0 Å². The van der Waals surface area contributed by atoms with Gasteiger partial charge in [0.15, 0.2) is 0 Å². The second kappa shape index (κ2) is 0.742. The van der Waals surface area contributed by atoms with Crippen LogP contribution in [0.2, 0.25) is 0 Å². The lowest BCUT2D eigenvalue weighted by Gasteiger charge is -1.82. The summed E-state index contributed by atoms with van der Waals surface area (Å²) in [5.74, 6) is 7.68. The van der Waals surface area contributed by atoms with E-state index in [1.807, 2.05) is 0 Å². The lowest BCUT2D eigenvalue weighted by atomic mass is 10.2. The molecule has 2 aliphatic carbocycles. The van der Waals surface area contributed by atoms with Gasteiger partial charge in [-0.05, 0) is 0 Å².